The molecule has 2 aromatic rings. The Hall–Kier alpha value is -1.04. The van der Waals surface area contributed by atoms with Crippen LogP contribution in [0.2, 0.25) is 0 Å². The summed E-state index contributed by atoms with van der Waals surface area (Å²) in [6.45, 7) is 0. The largest absolute Gasteiger partial charge is 0.497 e. The van der Waals surface area contributed by atoms with Crippen molar-refractivity contribution in [3.8, 4) is 11.5 Å². The van der Waals surface area contributed by atoms with Gasteiger partial charge in [0.05, 0.1) is 7.11 Å². The Morgan fingerprint density at radius 2 is 1.95 bits per heavy atom. The summed E-state index contributed by atoms with van der Waals surface area (Å²) < 4.78 is 13.4. The fourth-order valence-electron chi connectivity index (χ4n) is 2.56. The van der Waals surface area contributed by atoms with E-state index in [-0.39, 0.29) is 12.1 Å². The number of ether oxygens (including phenoxy) is 2. The van der Waals surface area contributed by atoms with Gasteiger partial charge in [-0.05, 0) is 30.3 Å². The third kappa shape index (κ3) is 2.96. The first-order valence-corrected chi connectivity index (χ1v) is 8.22. The highest BCUT2D eigenvalue weighted by molar-refractivity contribution is 9.10. The molecule has 21 heavy (non-hydrogen) atoms. The topological polar surface area (TPSA) is 44.5 Å². The molecule has 2 aromatic carbocycles. The summed E-state index contributed by atoms with van der Waals surface area (Å²) >= 11 is 7.06. The minimum atomic E-state index is -0.0914. The van der Waals surface area contributed by atoms with Crippen molar-refractivity contribution in [1.82, 2.24) is 0 Å². The molecule has 1 aliphatic rings. The lowest BCUT2D eigenvalue weighted by molar-refractivity contribution is 0.160. The van der Waals surface area contributed by atoms with Gasteiger partial charge >= 0.3 is 0 Å². The number of hydrogen-bond acceptors (Lipinski definition) is 3. The predicted molar refractivity (Wildman–Crippen MR) is 89.8 cm³/mol. The quantitative estimate of drug-likeness (QED) is 0.774. The van der Waals surface area contributed by atoms with Crippen molar-refractivity contribution in [2.24, 2.45) is 5.73 Å². The Morgan fingerprint density at radius 3 is 2.71 bits per heavy atom. The third-order valence-electron chi connectivity index (χ3n) is 3.66. The van der Waals surface area contributed by atoms with E-state index >= 15 is 0 Å². The van der Waals surface area contributed by atoms with Gasteiger partial charge in [-0.1, -0.05) is 37.9 Å². The van der Waals surface area contributed by atoms with Gasteiger partial charge in [-0.2, -0.15) is 0 Å². The van der Waals surface area contributed by atoms with Crippen LogP contribution < -0.4 is 15.2 Å². The number of rotatable bonds is 2. The highest BCUT2D eigenvalue weighted by atomic mass is 79.9. The molecule has 0 amide bonds. The average molecular weight is 413 g/mol. The van der Waals surface area contributed by atoms with Crippen molar-refractivity contribution >= 4 is 31.9 Å². The smallest absolute Gasteiger partial charge is 0.127 e. The molecule has 1 aliphatic heterocycles. The highest BCUT2D eigenvalue weighted by Crippen LogP contribution is 2.43. The van der Waals surface area contributed by atoms with E-state index in [1.165, 1.54) is 0 Å². The molecule has 0 aliphatic carbocycles. The van der Waals surface area contributed by atoms with Crippen LogP contribution in [0.15, 0.2) is 45.3 Å². The van der Waals surface area contributed by atoms with Gasteiger partial charge in [-0.25, -0.2) is 0 Å². The van der Waals surface area contributed by atoms with E-state index in [1.807, 2.05) is 36.4 Å². The first kappa shape index (κ1) is 14.9. The van der Waals surface area contributed by atoms with E-state index in [0.717, 1.165) is 38.0 Å². The van der Waals surface area contributed by atoms with Crippen molar-refractivity contribution in [2.75, 3.05) is 7.11 Å². The summed E-state index contributed by atoms with van der Waals surface area (Å²) in [5.74, 6) is 1.65. The minimum Gasteiger partial charge on any atom is -0.497 e. The molecule has 0 bridgehead atoms. The summed E-state index contributed by atoms with van der Waals surface area (Å²) in [4.78, 5) is 0. The number of hydrogen-bond donors (Lipinski definition) is 1. The SMILES string of the molecule is COc1ccc(Br)c(C2C[C@@H](N)c3ccc(Br)cc3O2)c1. The van der Waals surface area contributed by atoms with Crippen LogP contribution in [0, 0.1) is 0 Å². The van der Waals surface area contributed by atoms with Crippen molar-refractivity contribution < 1.29 is 9.47 Å². The molecule has 1 unspecified atom stereocenters. The van der Waals surface area contributed by atoms with Crippen LogP contribution in [0.3, 0.4) is 0 Å². The zero-order chi connectivity index (χ0) is 15.0. The van der Waals surface area contributed by atoms with Gasteiger partial charge in [-0.15, -0.1) is 0 Å². The van der Waals surface area contributed by atoms with E-state index in [1.54, 1.807) is 7.11 Å². The lowest BCUT2D eigenvalue weighted by Crippen LogP contribution is -2.24. The van der Waals surface area contributed by atoms with E-state index in [4.69, 9.17) is 15.2 Å². The molecule has 3 rings (SSSR count). The second-order valence-corrected chi connectivity index (χ2v) is 6.79. The molecule has 0 radical (unpaired) electrons. The zero-order valence-corrected chi connectivity index (χ0v) is 14.6. The molecule has 5 heteroatoms. The monoisotopic (exact) mass is 411 g/mol. The third-order valence-corrected chi connectivity index (χ3v) is 4.88. The molecule has 0 fully saturated rings. The molecule has 110 valence electrons. The minimum absolute atomic E-state index is 0.0371. The van der Waals surface area contributed by atoms with Crippen molar-refractivity contribution in [1.29, 1.82) is 0 Å². The molecular formula is C16H15Br2NO2. The maximum Gasteiger partial charge on any atom is 0.127 e. The summed E-state index contributed by atoms with van der Waals surface area (Å²) in [5, 5.41) is 0. The second kappa shape index (κ2) is 5.99. The summed E-state index contributed by atoms with van der Waals surface area (Å²) in [6.07, 6.45) is 0.645. The molecule has 3 nitrogen and oxygen atoms in total. The van der Waals surface area contributed by atoms with Gasteiger partial charge in [0.15, 0.2) is 0 Å². The Morgan fingerprint density at radius 1 is 1.14 bits per heavy atom. The molecule has 0 spiro atoms. The van der Waals surface area contributed by atoms with Crippen LogP contribution in [0.4, 0.5) is 0 Å². The van der Waals surface area contributed by atoms with Gasteiger partial charge in [0.2, 0.25) is 0 Å². The van der Waals surface area contributed by atoms with Gasteiger partial charge in [-0.3, -0.25) is 0 Å². The number of methoxy groups -OCH3 is 1. The lowest BCUT2D eigenvalue weighted by Gasteiger charge is -2.31. The highest BCUT2D eigenvalue weighted by Gasteiger charge is 2.28. The Kier molecular flexibility index (Phi) is 4.24. The molecule has 1 heterocycles. The second-order valence-electron chi connectivity index (χ2n) is 5.02. The molecule has 0 aromatic heterocycles. The zero-order valence-electron chi connectivity index (χ0n) is 11.5. The van der Waals surface area contributed by atoms with E-state index in [2.05, 4.69) is 31.9 Å². The number of halogens is 2. The maximum absolute atomic E-state index is 6.30. The van der Waals surface area contributed by atoms with E-state index < -0.39 is 0 Å². The predicted octanol–water partition coefficient (Wildman–Crippen LogP) is 4.74. The standard InChI is InChI=1S/C16H15Br2NO2/c1-20-10-3-5-13(18)12(7-10)16-8-14(19)11-4-2-9(17)6-15(11)21-16/h2-7,14,16H,8,19H2,1H3/t14-,16?/m1/s1. The van der Waals surface area contributed by atoms with Gasteiger partial charge in [0, 0.05) is 32.5 Å². The molecule has 2 N–H and O–H groups in total. The van der Waals surface area contributed by atoms with Crippen molar-refractivity contribution in [3.63, 3.8) is 0 Å². The lowest BCUT2D eigenvalue weighted by atomic mass is 9.93. The number of fused-ring (bicyclic) bond motifs is 1. The Bertz CT molecular complexity index is 675. The van der Waals surface area contributed by atoms with Gasteiger partial charge < -0.3 is 15.2 Å². The summed E-state index contributed by atoms with van der Waals surface area (Å²) in [7, 11) is 1.66. The molecular weight excluding hydrogens is 398 g/mol. The average Bonchev–Trinajstić information content (AvgIpc) is 2.47. The first-order chi connectivity index (χ1) is 10.1. The van der Waals surface area contributed by atoms with Crippen LogP contribution in [0.1, 0.15) is 29.7 Å². The van der Waals surface area contributed by atoms with Crippen molar-refractivity contribution in [3.05, 3.63) is 56.5 Å². The first-order valence-electron chi connectivity index (χ1n) is 6.63. The fourth-order valence-corrected chi connectivity index (χ4v) is 3.40. The maximum atomic E-state index is 6.30. The molecule has 2 atom stereocenters. The fraction of sp³-hybridized carbons (Fsp3) is 0.250. The van der Waals surface area contributed by atoms with E-state index in [0.29, 0.717) is 0 Å². The van der Waals surface area contributed by atoms with Crippen LogP contribution in [-0.2, 0) is 0 Å². The molecule has 0 saturated carbocycles. The van der Waals surface area contributed by atoms with Gasteiger partial charge in [0.1, 0.15) is 17.6 Å². The summed E-state index contributed by atoms with van der Waals surface area (Å²) in [5.41, 5.74) is 8.40. The normalized spacial score (nSPS) is 20.6. The Balaban J connectivity index is 1.99. The number of nitrogens with two attached hydrogens (primary N) is 1. The van der Waals surface area contributed by atoms with Crippen LogP contribution in [0.5, 0.6) is 11.5 Å². The molecule has 0 saturated heterocycles. The number of benzene rings is 2. The Labute approximate surface area is 140 Å². The van der Waals surface area contributed by atoms with E-state index in [9.17, 15) is 0 Å². The van der Waals surface area contributed by atoms with Crippen molar-refractivity contribution in [2.45, 2.75) is 18.6 Å². The van der Waals surface area contributed by atoms with Gasteiger partial charge in [0.25, 0.3) is 0 Å². The van der Waals surface area contributed by atoms with Crippen LogP contribution in [-0.4, -0.2) is 7.11 Å². The summed E-state index contributed by atoms with van der Waals surface area (Å²) in [6, 6.07) is 11.8. The van der Waals surface area contributed by atoms with Crippen LogP contribution >= 0.6 is 31.9 Å². The van der Waals surface area contributed by atoms with Crippen LogP contribution in [0.25, 0.3) is 0 Å².